The molecule has 1 unspecified atom stereocenters. The van der Waals surface area contributed by atoms with E-state index in [9.17, 15) is 19.1 Å². The first-order valence-electron chi connectivity index (χ1n) is 10.7. The van der Waals surface area contributed by atoms with Crippen molar-refractivity contribution in [2.75, 3.05) is 37.8 Å². The summed E-state index contributed by atoms with van der Waals surface area (Å²) in [6, 6.07) is 14.0. The van der Waals surface area contributed by atoms with E-state index in [1.807, 2.05) is 24.3 Å². The summed E-state index contributed by atoms with van der Waals surface area (Å²) < 4.78 is 20.3. The van der Waals surface area contributed by atoms with E-state index in [4.69, 9.17) is 4.74 Å². The number of halogens is 1. The second kappa shape index (κ2) is 9.93. The van der Waals surface area contributed by atoms with Crippen molar-refractivity contribution in [1.29, 1.82) is 0 Å². The number of ether oxygens (including phenoxy) is 1. The summed E-state index contributed by atoms with van der Waals surface area (Å²) in [4.78, 5) is 28.1. The SMILES string of the molecule is CC(CO)NC(=O)c1cc(-c2ccc(N3CCOCC3)cc2)nn(-c2cccc(F)c2)c1=O. The molecule has 0 spiro atoms. The van der Waals surface area contributed by atoms with Gasteiger partial charge in [-0.2, -0.15) is 9.78 Å². The third-order valence-electron chi connectivity index (χ3n) is 5.40. The summed E-state index contributed by atoms with van der Waals surface area (Å²) in [5, 5.41) is 16.3. The van der Waals surface area contributed by atoms with Crippen molar-refractivity contribution in [3.63, 3.8) is 0 Å². The molecule has 1 aliphatic heterocycles. The number of anilines is 1. The summed E-state index contributed by atoms with van der Waals surface area (Å²) in [6.45, 7) is 4.30. The molecule has 2 N–H and O–H groups in total. The van der Waals surface area contributed by atoms with Crippen LogP contribution in [-0.4, -0.2) is 59.7 Å². The van der Waals surface area contributed by atoms with Gasteiger partial charge in [-0.1, -0.05) is 18.2 Å². The minimum absolute atomic E-state index is 0.151. The van der Waals surface area contributed by atoms with Crippen LogP contribution >= 0.6 is 0 Å². The number of morpholine rings is 1. The Morgan fingerprint density at radius 3 is 2.55 bits per heavy atom. The first-order valence-corrected chi connectivity index (χ1v) is 10.7. The van der Waals surface area contributed by atoms with Crippen LogP contribution in [0.15, 0.2) is 59.4 Å². The molecule has 4 rings (SSSR count). The van der Waals surface area contributed by atoms with Gasteiger partial charge >= 0.3 is 0 Å². The number of rotatable bonds is 6. The van der Waals surface area contributed by atoms with Crippen LogP contribution in [-0.2, 0) is 4.74 Å². The highest BCUT2D eigenvalue weighted by molar-refractivity contribution is 5.95. The van der Waals surface area contributed by atoms with Crippen molar-refractivity contribution in [3.8, 4) is 16.9 Å². The van der Waals surface area contributed by atoms with Crippen LogP contribution in [0.3, 0.4) is 0 Å². The van der Waals surface area contributed by atoms with Gasteiger partial charge in [0.25, 0.3) is 11.5 Å². The third-order valence-corrected chi connectivity index (χ3v) is 5.40. The number of aromatic nitrogens is 2. The lowest BCUT2D eigenvalue weighted by Gasteiger charge is -2.28. The van der Waals surface area contributed by atoms with Crippen molar-refractivity contribution in [2.45, 2.75) is 13.0 Å². The summed E-state index contributed by atoms with van der Waals surface area (Å²) in [7, 11) is 0. The van der Waals surface area contributed by atoms with Gasteiger partial charge in [-0.15, -0.1) is 0 Å². The zero-order chi connectivity index (χ0) is 23.4. The van der Waals surface area contributed by atoms with E-state index in [1.165, 1.54) is 24.3 Å². The Morgan fingerprint density at radius 1 is 1.15 bits per heavy atom. The molecule has 0 saturated carbocycles. The number of hydrogen-bond donors (Lipinski definition) is 2. The topological polar surface area (TPSA) is 96.7 Å². The van der Waals surface area contributed by atoms with Crippen molar-refractivity contribution in [2.24, 2.45) is 0 Å². The number of nitrogens with one attached hydrogen (secondary N) is 1. The first-order chi connectivity index (χ1) is 16.0. The Bertz CT molecular complexity index is 1190. The second-order valence-electron chi connectivity index (χ2n) is 7.84. The predicted octanol–water partition coefficient (Wildman–Crippen LogP) is 1.99. The number of amides is 1. The Hall–Kier alpha value is -3.56. The maximum absolute atomic E-state index is 13.8. The molecule has 3 aromatic rings. The molecule has 8 nitrogen and oxygen atoms in total. The maximum atomic E-state index is 13.8. The number of benzene rings is 2. The standard InChI is InChI=1S/C24H25FN4O4/c1-16(15-30)26-23(31)21-14-22(27-29(24(21)32)20-4-2-3-18(25)13-20)17-5-7-19(8-6-17)28-9-11-33-12-10-28/h2-8,13-14,16,30H,9-12,15H2,1H3,(H,26,31). The number of aliphatic hydroxyl groups excluding tert-OH is 1. The van der Waals surface area contributed by atoms with E-state index in [2.05, 4.69) is 15.3 Å². The molecule has 172 valence electrons. The van der Waals surface area contributed by atoms with Crippen LogP contribution < -0.4 is 15.8 Å². The molecule has 1 fully saturated rings. The highest BCUT2D eigenvalue weighted by atomic mass is 19.1. The number of nitrogens with zero attached hydrogens (tertiary/aromatic N) is 3. The van der Waals surface area contributed by atoms with Gasteiger partial charge in [0.2, 0.25) is 0 Å². The summed E-state index contributed by atoms with van der Waals surface area (Å²) in [5.74, 6) is -1.17. The van der Waals surface area contributed by atoms with Gasteiger partial charge < -0.3 is 20.1 Å². The summed E-state index contributed by atoms with van der Waals surface area (Å²) >= 11 is 0. The minimum atomic E-state index is -0.683. The number of hydrogen-bond acceptors (Lipinski definition) is 6. The zero-order valence-electron chi connectivity index (χ0n) is 18.2. The quantitative estimate of drug-likeness (QED) is 0.594. The van der Waals surface area contributed by atoms with Crippen molar-refractivity contribution in [3.05, 3.63) is 76.3 Å². The second-order valence-corrected chi connectivity index (χ2v) is 7.84. The zero-order valence-corrected chi connectivity index (χ0v) is 18.2. The van der Waals surface area contributed by atoms with Gasteiger partial charge in [0.05, 0.1) is 31.2 Å². The fraction of sp³-hybridized carbons (Fsp3) is 0.292. The molecule has 1 atom stereocenters. The molecule has 0 radical (unpaired) electrons. The van der Waals surface area contributed by atoms with Gasteiger partial charge in [0, 0.05) is 30.4 Å². The lowest BCUT2D eigenvalue weighted by Crippen LogP contribution is -2.39. The molecule has 1 saturated heterocycles. The summed E-state index contributed by atoms with van der Waals surface area (Å²) in [5.41, 5.74) is 1.49. The smallest absolute Gasteiger partial charge is 0.284 e. The van der Waals surface area contributed by atoms with E-state index in [1.54, 1.807) is 13.0 Å². The monoisotopic (exact) mass is 452 g/mol. The maximum Gasteiger partial charge on any atom is 0.284 e. The molecule has 1 aliphatic rings. The van der Waals surface area contributed by atoms with Crippen molar-refractivity contribution < 1.29 is 19.0 Å². The lowest BCUT2D eigenvalue weighted by atomic mass is 10.1. The van der Waals surface area contributed by atoms with E-state index in [-0.39, 0.29) is 17.9 Å². The fourth-order valence-electron chi connectivity index (χ4n) is 3.59. The Morgan fingerprint density at radius 2 is 1.88 bits per heavy atom. The average Bonchev–Trinajstić information content (AvgIpc) is 2.84. The van der Waals surface area contributed by atoms with Gasteiger partial charge in [-0.05, 0) is 43.3 Å². The number of aliphatic hydroxyl groups is 1. The highest BCUT2D eigenvalue weighted by Gasteiger charge is 2.19. The highest BCUT2D eigenvalue weighted by Crippen LogP contribution is 2.23. The van der Waals surface area contributed by atoms with E-state index >= 15 is 0 Å². The molecule has 9 heteroatoms. The predicted molar refractivity (Wildman–Crippen MR) is 122 cm³/mol. The van der Waals surface area contributed by atoms with Crippen LogP contribution in [0, 0.1) is 5.82 Å². The van der Waals surface area contributed by atoms with Crippen molar-refractivity contribution >= 4 is 11.6 Å². The normalized spacial score (nSPS) is 14.7. The van der Waals surface area contributed by atoms with E-state index in [0.717, 1.165) is 23.5 Å². The van der Waals surface area contributed by atoms with Crippen LogP contribution in [0.5, 0.6) is 0 Å². The van der Waals surface area contributed by atoms with E-state index in [0.29, 0.717) is 24.5 Å². The fourth-order valence-corrected chi connectivity index (χ4v) is 3.59. The largest absolute Gasteiger partial charge is 0.394 e. The first kappa shape index (κ1) is 22.6. The Balaban J connectivity index is 1.77. The molecule has 2 heterocycles. The Kier molecular flexibility index (Phi) is 6.81. The molecule has 33 heavy (non-hydrogen) atoms. The van der Waals surface area contributed by atoms with Gasteiger partial charge in [-0.3, -0.25) is 9.59 Å². The lowest BCUT2D eigenvalue weighted by molar-refractivity contribution is 0.0920. The molecule has 0 bridgehead atoms. The van der Waals surface area contributed by atoms with Crippen LogP contribution in [0.4, 0.5) is 10.1 Å². The minimum Gasteiger partial charge on any atom is -0.394 e. The molecule has 2 aromatic carbocycles. The van der Waals surface area contributed by atoms with Crippen LogP contribution in [0.25, 0.3) is 16.9 Å². The van der Waals surface area contributed by atoms with Crippen molar-refractivity contribution in [1.82, 2.24) is 15.1 Å². The van der Waals surface area contributed by atoms with E-state index < -0.39 is 23.3 Å². The number of carbonyl (C=O) groups is 1. The number of carbonyl (C=O) groups excluding carboxylic acids is 1. The van der Waals surface area contributed by atoms with Gasteiger partial charge in [-0.25, -0.2) is 4.39 Å². The Labute approximate surface area is 190 Å². The van der Waals surface area contributed by atoms with Crippen LogP contribution in [0.2, 0.25) is 0 Å². The van der Waals surface area contributed by atoms with Crippen LogP contribution in [0.1, 0.15) is 17.3 Å². The van der Waals surface area contributed by atoms with Gasteiger partial charge in [0.1, 0.15) is 11.4 Å². The van der Waals surface area contributed by atoms with Gasteiger partial charge in [0.15, 0.2) is 0 Å². The molecule has 0 aliphatic carbocycles. The molecular weight excluding hydrogens is 427 g/mol. The molecule has 1 amide bonds. The third kappa shape index (κ3) is 5.10. The summed E-state index contributed by atoms with van der Waals surface area (Å²) in [6.07, 6.45) is 0. The molecule has 1 aromatic heterocycles. The molecular formula is C24H25FN4O4. The average molecular weight is 452 g/mol.